The normalized spacial score (nSPS) is 11.5. The van der Waals surface area contributed by atoms with E-state index >= 15 is 0 Å². The van der Waals surface area contributed by atoms with Gasteiger partial charge in [0.15, 0.2) is 11.5 Å². The molecular formula is C24H22ClNO8. The molecule has 0 spiro atoms. The number of halogens is 1. The first-order valence-electron chi connectivity index (χ1n) is 10.0. The van der Waals surface area contributed by atoms with Crippen LogP contribution in [0.5, 0.6) is 28.7 Å². The topological polar surface area (TPSA) is 146 Å². The van der Waals surface area contributed by atoms with Gasteiger partial charge in [0.1, 0.15) is 28.9 Å². The summed E-state index contributed by atoms with van der Waals surface area (Å²) < 4.78 is 10.5. The van der Waals surface area contributed by atoms with Crippen LogP contribution in [-0.4, -0.2) is 45.5 Å². The van der Waals surface area contributed by atoms with Gasteiger partial charge in [-0.2, -0.15) is 0 Å². The third-order valence-corrected chi connectivity index (χ3v) is 5.20. The summed E-state index contributed by atoms with van der Waals surface area (Å²) >= 11 is 5.80. The number of hydrogen-bond acceptors (Lipinski definition) is 8. The van der Waals surface area contributed by atoms with Gasteiger partial charge in [0, 0.05) is 29.7 Å². The molecule has 34 heavy (non-hydrogen) atoms. The molecule has 0 bridgehead atoms. The van der Waals surface area contributed by atoms with E-state index in [2.05, 4.69) is 5.32 Å². The molecule has 0 saturated heterocycles. The molecule has 178 valence electrons. The molecule has 5 N–H and O–H groups in total. The van der Waals surface area contributed by atoms with Crippen molar-refractivity contribution in [2.75, 3.05) is 12.4 Å². The highest BCUT2D eigenvalue weighted by atomic mass is 35.5. The zero-order valence-corrected chi connectivity index (χ0v) is 19.0. The molecule has 9 nitrogen and oxygen atoms in total. The third kappa shape index (κ3) is 5.26. The molecule has 1 atom stereocenters. The molecule has 1 unspecified atom stereocenters. The summed E-state index contributed by atoms with van der Waals surface area (Å²) in [5.74, 6) is -3.15. The summed E-state index contributed by atoms with van der Waals surface area (Å²) in [5, 5.41) is 43.0. The molecule has 3 rings (SSSR count). The summed E-state index contributed by atoms with van der Waals surface area (Å²) in [4.78, 5) is 25.0. The van der Waals surface area contributed by atoms with Crippen LogP contribution in [0.1, 0.15) is 33.2 Å². The lowest BCUT2D eigenvalue weighted by molar-refractivity contribution is 0.0337. The van der Waals surface area contributed by atoms with Gasteiger partial charge in [-0.1, -0.05) is 29.8 Å². The van der Waals surface area contributed by atoms with Crippen LogP contribution in [-0.2, 0) is 11.2 Å². The molecule has 0 aliphatic rings. The number of phenolic OH excluding ortho intramolecular Hbond substituents is 4. The van der Waals surface area contributed by atoms with E-state index in [9.17, 15) is 30.0 Å². The maximum Gasteiger partial charge on any atom is 0.342 e. The number of methoxy groups -OCH3 is 1. The van der Waals surface area contributed by atoms with Crippen LogP contribution in [0.15, 0.2) is 48.5 Å². The van der Waals surface area contributed by atoms with Crippen LogP contribution in [0.2, 0.25) is 5.02 Å². The number of hydrogen-bond donors (Lipinski definition) is 5. The summed E-state index contributed by atoms with van der Waals surface area (Å²) in [6.07, 6.45) is -0.991. The van der Waals surface area contributed by atoms with Crippen LogP contribution >= 0.6 is 11.6 Å². The van der Waals surface area contributed by atoms with Gasteiger partial charge in [0.05, 0.1) is 17.8 Å². The first-order valence-corrected chi connectivity index (χ1v) is 10.4. The van der Waals surface area contributed by atoms with Gasteiger partial charge in [0.2, 0.25) is 0 Å². The fourth-order valence-corrected chi connectivity index (χ4v) is 3.45. The highest BCUT2D eigenvalue weighted by molar-refractivity contribution is 6.32. The van der Waals surface area contributed by atoms with Crippen LogP contribution in [0.3, 0.4) is 0 Å². The molecule has 0 aliphatic carbocycles. The van der Waals surface area contributed by atoms with Gasteiger partial charge in [-0.05, 0) is 25.1 Å². The predicted octanol–water partition coefficient (Wildman–Crippen LogP) is 4.21. The Hall–Kier alpha value is -4.11. The minimum Gasteiger partial charge on any atom is -0.507 e. The maximum atomic E-state index is 12.5. The number of ether oxygens (including phenoxy) is 2. The van der Waals surface area contributed by atoms with Gasteiger partial charge in [0.25, 0.3) is 5.91 Å². The summed E-state index contributed by atoms with van der Waals surface area (Å²) in [6.45, 7) is 1.52. The molecule has 10 heteroatoms. The van der Waals surface area contributed by atoms with E-state index < -0.39 is 29.5 Å². The Balaban J connectivity index is 1.84. The zero-order chi connectivity index (χ0) is 25.0. The number of amides is 1. The Morgan fingerprint density at radius 1 is 1.00 bits per heavy atom. The van der Waals surface area contributed by atoms with E-state index in [1.165, 1.54) is 14.0 Å². The fourth-order valence-electron chi connectivity index (χ4n) is 3.28. The Bertz CT molecular complexity index is 1230. The predicted molar refractivity (Wildman–Crippen MR) is 124 cm³/mol. The number of rotatable bonds is 7. The lowest BCUT2D eigenvalue weighted by atomic mass is 10.0. The molecule has 3 aromatic rings. The lowest BCUT2D eigenvalue weighted by Gasteiger charge is -2.19. The van der Waals surface area contributed by atoms with Gasteiger partial charge in [-0.25, -0.2) is 4.79 Å². The molecule has 1 amide bonds. The molecule has 0 heterocycles. The molecule has 0 aromatic heterocycles. The summed E-state index contributed by atoms with van der Waals surface area (Å²) in [7, 11) is 1.29. The zero-order valence-electron chi connectivity index (χ0n) is 18.2. The van der Waals surface area contributed by atoms with Crippen molar-refractivity contribution in [2.24, 2.45) is 0 Å². The Morgan fingerprint density at radius 3 is 2.32 bits per heavy atom. The van der Waals surface area contributed by atoms with Crippen LogP contribution in [0, 0.1) is 0 Å². The fraction of sp³-hybridized carbons (Fsp3) is 0.167. The number of aromatic hydroxyl groups is 4. The Morgan fingerprint density at radius 2 is 1.68 bits per heavy atom. The molecule has 0 radical (unpaired) electrons. The van der Waals surface area contributed by atoms with E-state index in [1.54, 1.807) is 30.3 Å². The number of benzene rings is 3. The van der Waals surface area contributed by atoms with Crippen molar-refractivity contribution < 1.29 is 39.5 Å². The first-order chi connectivity index (χ1) is 16.1. The van der Waals surface area contributed by atoms with Crippen molar-refractivity contribution in [2.45, 2.75) is 19.4 Å². The number of carbonyl (C=O) groups excluding carboxylic acids is 2. The minimum absolute atomic E-state index is 0.0614. The van der Waals surface area contributed by atoms with Crippen LogP contribution in [0.25, 0.3) is 0 Å². The van der Waals surface area contributed by atoms with Crippen LogP contribution < -0.4 is 10.1 Å². The summed E-state index contributed by atoms with van der Waals surface area (Å²) in [5.41, 5.74) is 0.0914. The monoisotopic (exact) mass is 487 g/mol. The van der Waals surface area contributed by atoms with E-state index in [4.69, 9.17) is 21.1 Å². The van der Waals surface area contributed by atoms with Gasteiger partial charge in [-0.3, -0.25) is 4.79 Å². The number of esters is 1. The van der Waals surface area contributed by atoms with Gasteiger partial charge < -0.3 is 35.2 Å². The number of nitrogens with one attached hydrogen (secondary N) is 1. The molecule has 0 aliphatic heterocycles. The van der Waals surface area contributed by atoms with Crippen molar-refractivity contribution in [1.82, 2.24) is 0 Å². The van der Waals surface area contributed by atoms with E-state index in [1.807, 2.05) is 0 Å². The van der Waals surface area contributed by atoms with Crippen molar-refractivity contribution in [3.8, 4) is 28.7 Å². The van der Waals surface area contributed by atoms with Crippen molar-refractivity contribution in [1.29, 1.82) is 0 Å². The van der Waals surface area contributed by atoms with Gasteiger partial charge in [-0.15, -0.1) is 0 Å². The van der Waals surface area contributed by atoms with E-state index in [-0.39, 0.29) is 45.5 Å². The SMILES string of the molecule is COc1c(O)cc(NC(=O)c2ccccc2)c(O)c1CC(C)OC(=O)c1cc(Cl)c(O)cc1O. The van der Waals surface area contributed by atoms with E-state index in [0.717, 1.165) is 18.2 Å². The molecule has 0 saturated carbocycles. The second-order valence-corrected chi connectivity index (χ2v) is 7.77. The molecule has 3 aromatic carbocycles. The summed E-state index contributed by atoms with van der Waals surface area (Å²) in [6, 6.07) is 11.4. The maximum absolute atomic E-state index is 12.5. The highest BCUT2D eigenvalue weighted by Gasteiger charge is 2.24. The molecular weight excluding hydrogens is 466 g/mol. The number of carbonyl (C=O) groups is 2. The third-order valence-electron chi connectivity index (χ3n) is 4.90. The highest BCUT2D eigenvalue weighted by Crippen LogP contribution is 2.43. The number of phenols is 4. The number of anilines is 1. The Kier molecular flexibility index (Phi) is 7.37. The largest absolute Gasteiger partial charge is 0.507 e. The second kappa shape index (κ2) is 10.2. The molecule has 0 fully saturated rings. The Labute approximate surface area is 199 Å². The standard InChI is InChI=1S/C24H22ClNO8/c1-12(34-24(32)14-9-16(25)19(28)11-18(14)27)8-15-21(30)17(10-20(29)22(15)33-2)26-23(31)13-6-4-3-5-7-13/h3-7,9-12,27-30H,8H2,1-2H3,(H,26,31). The minimum atomic E-state index is -0.928. The second-order valence-electron chi connectivity index (χ2n) is 7.36. The van der Waals surface area contributed by atoms with Crippen molar-refractivity contribution in [3.63, 3.8) is 0 Å². The quantitative estimate of drug-likeness (QED) is 0.189. The van der Waals surface area contributed by atoms with Crippen molar-refractivity contribution >= 4 is 29.2 Å². The van der Waals surface area contributed by atoms with Gasteiger partial charge >= 0.3 is 5.97 Å². The van der Waals surface area contributed by atoms with Crippen LogP contribution in [0.4, 0.5) is 5.69 Å². The first kappa shape index (κ1) is 24.5. The van der Waals surface area contributed by atoms with E-state index in [0.29, 0.717) is 5.56 Å². The van der Waals surface area contributed by atoms with Crippen molar-refractivity contribution in [3.05, 3.63) is 70.2 Å². The average Bonchev–Trinajstić information content (AvgIpc) is 2.80. The average molecular weight is 488 g/mol. The smallest absolute Gasteiger partial charge is 0.342 e. The lowest BCUT2D eigenvalue weighted by Crippen LogP contribution is -2.18.